The van der Waals surface area contributed by atoms with Gasteiger partial charge in [0.15, 0.2) is 0 Å². The Labute approximate surface area is 128 Å². The highest BCUT2D eigenvalue weighted by atomic mass is 16.6. The molecule has 122 valence electrons. The molecular weight excluding hydrogens is 266 g/mol. The van der Waals surface area contributed by atoms with Crippen LogP contribution in [0, 0.1) is 5.92 Å². The highest BCUT2D eigenvalue weighted by Gasteiger charge is 2.29. The summed E-state index contributed by atoms with van der Waals surface area (Å²) in [5.41, 5.74) is 5.52. The number of hydrogen-bond donors (Lipinski definition) is 2. The number of nitrogens with one attached hydrogen (secondary N) is 1. The number of nitrogens with two attached hydrogens (primary N) is 1. The van der Waals surface area contributed by atoms with Crippen LogP contribution in [-0.4, -0.2) is 48.3 Å². The Hall–Kier alpha value is -0.810. The van der Waals surface area contributed by atoms with Crippen molar-refractivity contribution in [2.75, 3.05) is 19.6 Å². The lowest BCUT2D eigenvalue weighted by molar-refractivity contribution is 0.0287. The third kappa shape index (κ3) is 5.47. The van der Waals surface area contributed by atoms with Gasteiger partial charge in [0, 0.05) is 25.2 Å². The van der Waals surface area contributed by atoms with Crippen LogP contribution in [0.3, 0.4) is 0 Å². The number of carbonyl (C=O) groups excluding carboxylic acids is 1. The summed E-state index contributed by atoms with van der Waals surface area (Å²) in [6.07, 6.45) is 5.51. The van der Waals surface area contributed by atoms with E-state index < -0.39 is 5.60 Å². The van der Waals surface area contributed by atoms with E-state index in [1.165, 1.54) is 6.42 Å². The molecule has 1 saturated heterocycles. The van der Waals surface area contributed by atoms with Crippen LogP contribution in [0.15, 0.2) is 0 Å². The van der Waals surface area contributed by atoms with Crippen molar-refractivity contribution in [3.8, 4) is 0 Å². The summed E-state index contributed by atoms with van der Waals surface area (Å²) < 4.78 is 5.42. The van der Waals surface area contributed by atoms with E-state index in [4.69, 9.17) is 10.5 Å². The lowest BCUT2D eigenvalue weighted by Crippen LogP contribution is -2.35. The van der Waals surface area contributed by atoms with Crippen LogP contribution in [0.25, 0.3) is 0 Å². The first-order valence-corrected chi connectivity index (χ1v) is 8.30. The molecule has 3 unspecified atom stereocenters. The standard InChI is InChI=1S/C16H31N3O2/c1-16(2,3)21-15(20)19-9-7-12(11-19)6-8-18-14-5-4-13(17)10-14/h12-14,18H,4-11,17H2,1-3H3. The van der Waals surface area contributed by atoms with Gasteiger partial charge in [0.25, 0.3) is 0 Å². The Morgan fingerprint density at radius 3 is 2.71 bits per heavy atom. The fraction of sp³-hybridized carbons (Fsp3) is 0.938. The largest absolute Gasteiger partial charge is 0.444 e. The molecule has 1 aliphatic carbocycles. The fourth-order valence-corrected chi connectivity index (χ4v) is 3.25. The Balaban J connectivity index is 1.62. The molecule has 0 bridgehead atoms. The summed E-state index contributed by atoms with van der Waals surface area (Å²) in [7, 11) is 0. The lowest BCUT2D eigenvalue weighted by atomic mass is 10.0. The van der Waals surface area contributed by atoms with Crippen LogP contribution in [0.1, 0.15) is 52.9 Å². The monoisotopic (exact) mass is 297 g/mol. The maximum atomic E-state index is 12.0. The fourth-order valence-electron chi connectivity index (χ4n) is 3.25. The van der Waals surface area contributed by atoms with Gasteiger partial charge in [-0.3, -0.25) is 0 Å². The minimum absolute atomic E-state index is 0.167. The smallest absolute Gasteiger partial charge is 0.410 e. The van der Waals surface area contributed by atoms with E-state index in [2.05, 4.69) is 5.32 Å². The third-order valence-electron chi connectivity index (χ3n) is 4.40. The van der Waals surface area contributed by atoms with Crippen molar-refractivity contribution in [2.45, 2.75) is 70.6 Å². The van der Waals surface area contributed by atoms with Crippen molar-refractivity contribution in [3.63, 3.8) is 0 Å². The van der Waals surface area contributed by atoms with E-state index in [0.29, 0.717) is 18.0 Å². The van der Waals surface area contributed by atoms with E-state index >= 15 is 0 Å². The van der Waals surface area contributed by atoms with Crippen LogP contribution in [0.5, 0.6) is 0 Å². The molecule has 5 heteroatoms. The number of carbonyl (C=O) groups is 1. The van der Waals surface area contributed by atoms with Crippen molar-refractivity contribution in [2.24, 2.45) is 11.7 Å². The molecule has 0 aromatic heterocycles. The number of hydrogen-bond acceptors (Lipinski definition) is 4. The maximum Gasteiger partial charge on any atom is 0.410 e. The molecule has 0 aromatic carbocycles. The molecule has 0 radical (unpaired) electrons. The summed E-state index contributed by atoms with van der Waals surface area (Å²) >= 11 is 0. The van der Waals surface area contributed by atoms with Crippen molar-refractivity contribution in [3.05, 3.63) is 0 Å². The molecule has 3 N–H and O–H groups in total. The molecule has 2 aliphatic rings. The van der Waals surface area contributed by atoms with Crippen LogP contribution in [0.4, 0.5) is 4.79 Å². The number of ether oxygens (including phenoxy) is 1. The lowest BCUT2D eigenvalue weighted by Gasteiger charge is -2.24. The summed E-state index contributed by atoms with van der Waals surface area (Å²) in [6.45, 7) is 8.43. The van der Waals surface area contributed by atoms with Crippen LogP contribution < -0.4 is 11.1 Å². The SMILES string of the molecule is CC(C)(C)OC(=O)N1CCC(CCNC2CCC(N)C2)C1. The second-order valence-electron chi connectivity index (χ2n) is 7.59. The molecule has 3 atom stereocenters. The minimum atomic E-state index is -0.405. The van der Waals surface area contributed by atoms with Crippen molar-refractivity contribution >= 4 is 6.09 Å². The quantitative estimate of drug-likeness (QED) is 0.834. The van der Waals surface area contributed by atoms with Gasteiger partial charge in [-0.1, -0.05) is 0 Å². The molecule has 1 heterocycles. The third-order valence-corrected chi connectivity index (χ3v) is 4.40. The Kier molecular flexibility index (Phi) is 5.49. The topological polar surface area (TPSA) is 67.6 Å². The zero-order valence-corrected chi connectivity index (χ0v) is 13.7. The number of likely N-dealkylation sites (tertiary alicyclic amines) is 1. The Morgan fingerprint density at radius 2 is 2.10 bits per heavy atom. The Morgan fingerprint density at radius 1 is 1.33 bits per heavy atom. The molecule has 21 heavy (non-hydrogen) atoms. The van der Waals surface area contributed by atoms with Crippen molar-refractivity contribution in [1.29, 1.82) is 0 Å². The summed E-state index contributed by atoms with van der Waals surface area (Å²) in [4.78, 5) is 13.8. The highest BCUT2D eigenvalue weighted by Crippen LogP contribution is 2.22. The first kappa shape index (κ1) is 16.6. The first-order valence-electron chi connectivity index (χ1n) is 8.30. The van der Waals surface area contributed by atoms with Gasteiger partial charge in [0.1, 0.15) is 5.60 Å². The van der Waals surface area contributed by atoms with E-state index in [9.17, 15) is 4.79 Å². The van der Waals surface area contributed by atoms with Crippen molar-refractivity contribution in [1.82, 2.24) is 10.2 Å². The zero-order valence-electron chi connectivity index (χ0n) is 13.7. The summed E-state index contributed by atoms with van der Waals surface area (Å²) in [6, 6.07) is 0.986. The van der Waals surface area contributed by atoms with Gasteiger partial charge in [-0.25, -0.2) is 4.79 Å². The molecule has 2 rings (SSSR count). The number of amides is 1. The molecule has 1 amide bonds. The van der Waals surface area contributed by atoms with Crippen molar-refractivity contribution < 1.29 is 9.53 Å². The zero-order chi connectivity index (χ0) is 15.5. The highest BCUT2D eigenvalue weighted by molar-refractivity contribution is 5.68. The molecule has 1 saturated carbocycles. The first-order chi connectivity index (χ1) is 9.83. The predicted molar refractivity (Wildman–Crippen MR) is 84.1 cm³/mol. The van der Waals surface area contributed by atoms with Gasteiger partial charge in [0.2, 0.25) is 0 Å². The summed E-state index contributed by atoms with van der Waals surface area (Å²) in [5, 5.41) is 3.61. The van der Waals surface area contributed by atoms with Gasteiger partial charge >= 0.3 is 6.09 Å². The molecule has 0 aromatic rings. The molecule has 1 aliphatic heterocycles. The average Bonchev–Trinajstić information content (AvgIpc) is 2.97. The van der Waals surface area contributed by atoms with Gasteiger partial charge in [0.05, 0.1) is 0 Å². The maximum absolute atomic E-state index is 12.0. The van der Waals surface area contributed by atoms with Gasteiger partial charge in [-0.05, 0) is 65.3 Å². The number of rotatable bonds is 4. The minimum Gasteiger partial charge on any atom is -0.444 e. The molecule has 5 nitrogen and oxygen atoms in total. The van der Waals surface area contributed by atoms with Crippen LogP contribution in [-0.2, 0) is 4.74 Å². The number of nitrogens with zero attached hydrogens (tertiary/aromatic N) is 1. The second-order valence-corrected chi connectivity index (χ2v) is 7.59. The van der Waals surface area contributed by atoms with E-state index in [1.54, 1.807) is 0 Å². The predicted octanol–water partition coefficient (Wildman–Crippen LogP) is 2.10. The second kappa shape index (κ2) is 6.97. The van der Waals surface area contributed by atoms with E-state index in [0.717, 1.165) is 45.3 Å². The van der Waals surface area contributed by atoms with Gasteiger partial charge in [-0.15, -0.1) is 0 Å². The van der Waals surface area contributed by atoms with Crippen LogP contribution in [0.2, 0.25) is 0 Å². The summed E-state index contributed by atoms with van der Waals surface area (Å²) in [5.74, 6) is 0.597. The normalized spacial score (nSPS) is 29.9. The van der Waals surface area contributed by atoms with Gasteiger partial charge < -0.3 is 20.7 Å². The van der Waals surface area contributed by atoms with E-state index in [-0.39, 0.29) is 6.09 Å². The molecular formula is C16H31N3O2. The molecule has 2 fully saturated rings. The van der Waals surface area contributed by atoms with Crippen LogP contribution >= 0.6 is 0 Å². The molecule has 0 spiro atoms. The Bertz CT molecular complexity index is 354. The average molecular weight is 297 g/mol. The van der Waals surface area contributed by atoms with E-state index in [1.807, 2.05) is 25.7 Å². The van der Waals surface area contributed by atoms with Gasteiger partial charge in [-0.2, -0.15) is 0 Å².